The van der Waals surface area contributed by atoms with Gasteiger partial charge in [0.25, 0.3) is 5.91 Å². The van der Waals surface area contributed by atoms with Crippen LogP contribution in [-0.2, 0) is 4.79 Å². The quantitative estimate of drug-likeness (QED) is 0.504. The minimum atomic E-state index is -0.378. The third kappa shape index (κ3) is 3.66. The summed E-state index contributed by atoms with van der Waals surface area (Å²) in [5.74, 6) is 0.480. The van der Waals surface area contributed by atoms with Crippen molar-refractivity contribution in [3.63, 3.8) is 0 Å². The molecule has 6 nitrogen and oxygen atoms in total. The summed E-state index contributed by atoms with van der Waals surface area (Å²) in [5.41, 5.74) is 3.57. The van der Waals surface area contributed by atoms with Gasteiger partial charge in [-0.1, -0.05) is 60.1 Å². The monoisotopic (exact) mass is 490 g/mol. The summed E-state index contributed by atoms with van der Waals surface area (Å²) in [4.78, 5) is 26.4. The van der Waals surface area contributed by atoms with Crippen LogP contribution in [0, 0.1) is 5.41 Å². The van der Waals surface area contributed by atoms with E-state index in [1.54, 1.807) is 10.9 Å². The van der Waals surface area contributed by atoms with E-state index in [9.17, 15) is 9.59 Å². The van der Waals surface area contributed by atoms with E-state index in [4.69, 9.17) is 0 Å². The number of halogens is 1. The molecule has 162 valence electrons. The summed E-state index contributed by atoms with van der Waals surface area (Å²) >= 11 is 3.48. The van der Waals surface area contributed by atoms with Crippen LogP contribution in [0.25, 0.3) is 0 Å². The first-order valence-electron chi connectivity index (χ1n) is 10.5. The van der Waals surface area contributed by atoms with Crippen LogP contribution in [0.3, 0.4) is 0 Å². The second-order valence-corrected chi connectivity index (χ2v) is 10.00. The Kier molecular flexibility index (Phi) is 5.01. The molecule has 1 aliphatic heterocycles. The molecule has 0 spiro atoms. The fourth-order valence-electron chi connectivity index (χ4n) is 4.55. The second kappa shape index (κ2) is 7.74. The Morgan fingerprint density at radius 3 is 2.56 bits per heavy atom. The smallest absolute Gasteiger partial charge is 0.261 e. The number of Topliss-reactive ketones (excluding diaryl/α,β-unsaturated/α-hetero) is 1. The van der Waals surface area contributed by atoms with Crippen LogP contribution in [0.1, 0.15) is 48.7 Å². The number of benzene rings is 2. The van der Waals surface area contributed by atoms with Gasteiger partial charge in [0.15, 0.2) is 5.78 Å². The van der Waals surface area contributed by atoms with E-state index in [1.807, 2.05) is 54.6 Å². The van der Waals surface area contributed by atoms with E-state index in [-0.39, 0.29) is 23.1 Å². The van der Waals surface area contributed by atoms with Crippen molar-refractivity contribution in [2.24, 2.45) is 5.41 Å². The molecule has 7 heteroatoms. The molecule has 32 heavy (non-hydrogen) atoms. The molecule has 0 unspecified atom stereocenters. The molecule has 3 aromatic rings. The predicted octanol–water partition coefficient (Wildman–Crippen LogP) is 5.56. The number of nitrogens with one attached hydrogen (secondary N) is 2. The normalized spacial score (nSPS) is 19.1. The Morgan fingerprint density at radius 2 is 1.84 bits per heavy atom. The summed E-state index contributed by atoms with van der Waals surface area (Å²) in [6.07, 6.45) is 2.78. The Hall–Kier alpha value is -3.19. The fourth-order valence-corrected chi connectivity index (χ4v) is 4.81. The van der Waals surface area contributed by atoms with Gasteiger partial charge in [0.2, 0.25) is 0 Å². The molecule has 2 N–H and O–H groups in total. The van der Waals surface area contributed by atoms with Crippen molar-refractivity contribution >= 4 is 39.1 Å². The van der Waals surface area contributed by atoms with Crippen molar-refractivity contribution < 1.29 is 9.59 Å². The highest BCUT2D eigenvalue weighted by atomic mass is 79.9. The number of aromatic nitrogens is 2. The number of hydrogen-bond donors (Lipinski definition) is 2. The van der Waals surface area contributed by atoms with Gasteiger partial charge in [-0.2, -0.15) is 5.10 Å². The molecule has 2 aliphatic rings. The van der Waals surface area contributed by atoms with E-state index in [0.29, 0.717) is 23.5 Å². The lowest BCUT2D eigenvalue weighted by molar-refractivity contribution is -0.118. The molecule has 5 rings (SSSR count). The number of rotatable bonds is 3. The lowest BCUT2D eigenvalue weighted by Crippen LogP contribution is -2.36. The van der Waals surface area contributed by atoms with Crippen LogP contribution in [0.5, 0.6) is 0 Å². The van der Waals surface area contributed by atoms with Crippen LogP contribution in [-0.4, -0.2) is 21.5 Å². The Bertz CT molecular complexity index is 1240. The molecular formula is C25H23BrN4O2. The maximum absolute atomic E-state index is 13.3. The number of allylic oxidation sites excluding steroid dienone is 2. The zero-order valence-corrected chi connectivity index (χ0v) is 19.4. The van der Waals surface area contributed by atoms with Gasteiger partial charge in [0.1, 0.15) is 17.4 Å². The van der Waals surface area contributed by atoms with Crippen molar-refractivity contribution in [1.82, 2.24) is 9.78 Å². The summed E-state index contributed by atoms with van der Waals surface area (Å²) in [7, 11) is 0. The molecule has 0 fully saturated rings. The average Bonchev–Trinajstić information content (AvgIpc) is 3.16. The summed E-state index contributed by atoms with van der Waals surface area (Å²) < 4.78 is 2.72. The van der Waals surface area contributed by atoms with Gasteiger partial charge >= 0.3 is 0 Å². The highest BCUT2D eigenvalue weighted by Gasteiger charge is 2.42. The van der Waals surface area contributed by atoms with E-state index < -0.39 is 0 Å². The van der Waals surface area contributed by atoms with Gasteiger partial charge in [-0.15, -0.1) is 0 Å². The number of ketones is 1. The van der Waals surface area contributed by atoms with E-state index >= 15 is 0 Å². The lowest BCUT2D eigenvalue weighted by Gasteiger charge is -2.39. The maximum atomic E-state index is 13.3. The number of nitrogens with zero attached hydrogens (tertiary/aromatic N) is 2. The molecule has 0 bridgehead atoms. The maximum Gasteiger partial charge on any atom is 0.261 e. The van der Waals surface area contributed by atoms with Gasteiger partial charge in [-0.3, -0.25) is 9.59 Å². The van der Waals surface area contributed by atoms with Gasteiger partial charge < -0.3 is 10.6 Å². The van der Waals surface area contributed by atoms with Crippen molar-refractivity contribution in [2.45, 2.75) is 32.7 Å². The molecule has 2 heterocycles. The summed E-state index contributed by atoms with van der Waals surface area (Å²) in [6.45, 7) is 4.19. The largest absolute Gasteiger partial charge is 0.343 e. The summed E-state index contributed by atoms with van der Waals surface area (Å²) in [6, 6.07) is 16.9. The molecule has 0 saturated carbocycles. The van der Waals surface area contributed by atoms with Crippen molar-refractivity contribution in [1.29, 1.82) is 0 Å². The van der Waals surface area contributed by atoms with Crippen LogP contribution in [0.4, 0.5) is 11.5 Å². The van der Waals surface area contributed by atoms with Gasteiger partial charge in [0.05, 0.1) is 6.20 Å². The van der Waals surface area contributed by atoms with E-state index in [1.165, 1.54) is 0 Å². The van der Waals surface area contributed by atoms with Crippen LogP contribution >= 0.6 is 15.9 Å². The van der Waals surface area contributed by atoms with Crippen molar-refractivity contribution in [3.05, 3.63) is 87.7 Å². The highest BCUT2D eigenvalue weighted by molar-refractivity contribution is 9.10. The second-order valence-electron chi connectivity index (χ2n) is 9.08. The predicted molar refractivity (Wildman–Crippen MR) is 128 cm³/mol. The number of carbonyl (C=O) groups is 2. The van der Waals surface area contributed by atoms with Crippen LogP contribution in [0.2, 0.25) is 0 Å². The number of para-hydroxylation sites is 1. The van der Waals surface area contributed by atoms with Crippen molar-refractivity contribution in [2.75, 3.05) is 10.6 Å². The van der Waals surface area contributed by atoms with Gasteiger partial charge in [-0.25, -0.2) is 4.68 Å². The highest BCUT2D eigenvalue weighted by Crippen LogP contribution is 2.46. The number of carbonyl (C=O) groups excluding carboxylic acids is 2. The fraction of sp³-hybridized carbons (Fsp3) is 0.240. The Labute approximate surface area is 194 Å². The Morgan fingerprint density at radius 1 is 1.12 bits per heavy atom. The SMILES string of the molecule is CC1(C)CC(=O)C2=C(C1)Nc1c(C(=O)Nc3ccccc3)cnn1[C@@H]2c1ccc(Br)cc1. The van der Waals surface area contributed by atoms with Gasteiger partial charge in [0, 0.05) is 27.9 Å². The van der Waals surface area contributed by atoms with Crippen molar-refractivity contribution in [3.8, 4) is 0 Å². The van der Waals surface area contributed by atoms with E-state index in [0.717, 1.165) is 27.7 Å². The summed E-state index contributed by atoms with van der Waals surface area (Å²) in [5, 5.41) is 10.9. The van der Waals surface area contributed by atoms with Crippen LogP contribution < -0.4 is 10.6 Å². The molecule has 0 saturated heterocycles. The first-order valence-corrected chi connectivity index (χ1v) is 11.3. The number of amides is 1. The third-order valence-electron chi connectivity index (χ3n) is 5.96. The Balaban J connectivity index is 1.60. The van der Waals surface area contributed by atoms with Crippen LogP contribution in [0.15, 0.2) is 76.5 Å². The topological polar surface area (TPSA) is 76.0 Å². The molecule has 1 aromatic heterocycles. The zero-order valence-electron chi connectivity index (χ0n) is 17.9. The first-order chi connectivity index (χ1) is 15.3. The zero-order chi connectivity index (χ0) is 22.5. The third-order valence-corrected chi connectivity index (χ3v) is 6.49. The molecule has 1 amide bonds. The number of fused-ring (bicyclic) bond motifs is 1. The molecule has 2 aromatic carbocycles. The molecule has 1 atom stereocenters. The molecule has 1 aliphatic carbocycles. The minimum absolute atomic E-state index is 0.119. The van der Waals surface area contributed by atoms with E-state index in [2.05, 4.69) is 45.5 Å². The number of anilines is 2. The molecule has 0 radical (unpaired) electrons. The standard InChI is InChI=1S/C25H23BrN4O2/c1-25(2)12-19-21(20(31)13-25)22(15-8-10-16(26)11-9-15)30-23(29-19)18(14-27-30)24(32)28-17-6-4-3-5-7-17/h3-11,14,22,29H,12-13H2,1-2H3,(H,28,32)/t22-/m1/s1. The van der Waals surface area contributed by atoms with Gasteiger partial charge in [-0.05, 0) is 41.7 Å². The lowest BCUT2D eigenvalue weighted by atomic mass is 9.73. The first kappa shape index (κ1) is 20.7. The minimum Gasteiger partial charge on any atom is -0.343 e. The average molecular weight is 491 g/mol. The molecular weight excluding hydrogens is 468 g/mol. The number of hydrogen-bond acceptors (Lipinski definition) is 4.